The van der Waals surface area contributed by atoms with Gasteiger partial charge in [0.15, 0.2) is 0 Å². The van der Waals surface area contributed by atoms with Gasteiger partial charge in [0.05, 0.1) is 12.9 Å². The van der Waals surface area contributed by atoms with E-state index in [1.54, 1.807) is 7.11 Å². The number of carbonyl (C=O) groups excluding carboxylic acids is 1. The van der Waals surface area contributed by atoms with Gasteiger partial charge in [0.25, 0.3) is 0 Å². The van der Waals surface area contributed by atoms with Crippen molar-refractivity contribution in [1.29, 1.82) is 0 Å². The van der Waals surface area contributed by atoms with Crippen LogP contribution in [-0.2, 0) is 27.0 Å². The summed E-state index contributed by atoms with van der Waals surface area (Å²) in [6.45, 7) is 1.38. The number of ether oxygens (including phenoxy) is 1. The molecular weight excluding hydrogens is 480 g/mol. The summed E-state index contributed by atoms with van der Waals surface area (Å²) in [7, 11) is -1.74. The van der Waals surface area contributed by atoms with E-state index in [1.165, 1.54) is 9.87 Å². The van der Waals surface area contributed by atoms with Gasteiger partial charge in [-0.1, -0.05) is 40.2 Å². The molecule has 0 saturated carbocycles. The van der Waals surface area contributed by atoms with Crippen LogP contribution in [-0.4, -0.2) is 45.4 Å². The molecule has 8 heteroatoms. The Bertz CT molecular complexity index is 989. The number of halogens is 1. The van der Waals surface area contributed by atoms with Crippen LogP contribution < -0.4 is 10.1 Å². The molecule has 0 atom stereocenters. The van der Waals surface area contributed by atoms with Gasteiger partial charge >= 0.3 is 0 Å². The number of sulfonamides is 1. The minimum absolute atomic E-state index is 0.0203. The Hall–Kier alpha value is -1.90. The second-order valence-corrected chi connectivity index (χ2v) is 10.7. The summed E-state index contributed by atoms with van der Waals surface area (Å²) in [6.07, 6.45) is 2.82. The van der Waals surface area contributed by atoms with Crippen LogP contribution in [0.1, 0.15) is 30.4 Å². The third kappa shape index (κ3) is 7.05. The first-order valence-corrected chi connectivity index (χ1v) is 12.9. The fraction of sp³-hybridized carbons (Fsp3) is 0.435. The van der Waals surface area contributed by atoms with Crippen LogP contribution >= 0.6 is 15.9 Å². The summed E-state index contributed by atoms with van der Waals surface area (Å²) in [6, 6.07) is 15.3. The third-order valence-electron chi connectivity index (χ3n) is 5.53. The number of piperidine rings is 1. The van der Waals surface area contributed by atoms with Gasteiger partial charge in [0.1, 0.15) is 5.75 Å². The van der Waals surface area contributed by atoms with Crippen LogP contribution in [0.4, 0.5) is 0 Å². The maximum atomic E-state index is 12.7. The highest BCUT2D eigenvalue weighted by Gasteiger charge is 2.31. The van der Waals surface area contributed by atoms with Crippen LogP contribution in [0, 0.1) is 5.92 Å². The van der Waals surface area contributed by atoms with E-state index in [0.29, 0.717) is 32.5 Å². The molecule has 2 aromatic rings. The van der Waals surface area contributed by atoms with E-state index in [2.05, 4.69) is 27.3 Å². The van der Waals surface area contributed by atoms with Crippen molar-refractivity contribution < 1.29 is 17.9 Å². The van der Waals surface area contributed by atoms with Gasteiger partial charge in [-0.25, -0.2) is 12.7 Å². The van der Waals surface area contributed by atoms with E-state index < -0.39 is 10.0 Å². The van der Waals surface area contributed by atoms with Crippen LogP contribution in [0.5, 0.6) is 5.75 Å². The van der Waals surface area contributed by atoms with Crippen molar-refractivity contribution in [1.82, 2.24) is 9.62 Å². The molecule has 168 valence electrons. The fourth-order valence-corrected chi connectivity index (χ4v) is 5.80. The average Bonchev–Trinajstić information content (AvgIpc) is 2.76. The molecule has 0 spiro atoms. The molecule has 0 radical (unpaired) electrons. The Morgan fingerprint density at radius 3 is 2.55 bits per heavy atom. The predicted octanol–water partition coefficient (Wildman–Crippen LogP) is 3.75. The maximum absolute atomic E-state index is 12.7. The van der Waals surface area contributed by atoms with Crippen molar-refractivity contribution in [3.05, 3.63) is 64.1 Å². The normalized spacial score (nSPS) is 15.5. The lowest BCUT2D eigenvalue weighted by atomic mass is 9.97. The predicted molar refractivity (Wildman–Crippen MR) is 125 cm³/mol. The number of aryl methyl sites for hydroxylation is 1. The standard InChI is InChI=1S/C23H29BrN2O4S/c1-30-22-9-3-5-18(16-22)7-4-12-25-23(27)20-10-13-26(14-11-20)31(28,29)17-19-6-2-8-21(24)15-19/h2-3,5-6,8-9,15-16,20H,4,7,10-14,17H2,1H3,(H,25,27). The van der Waals surface area contributed by atoms with Crippen LogP contribution in [0.2, 0.25) is 0 Å². The minimum Gasteiger partial charge on any atom is -0.497 e. The summed E-state index contributed by atoms with van der Waals surface area (Å²) in [5.41, 5.74) is 1.93. The molecule has 0 aromatic heterocycles. The highest BCUT2D eigenvalue weighted by molar-refractivity contribution is 9.10. The molecule has 1 aliphatic rings. The van der Waals surface area contributed by atoms with E-state index in [4.69, 9.17) is 4.74 Å². The monoisotopic (exact) mass is 508 g/mol. The Balaban J connectivity index is 1.40. The van der Waals surface area contributed by atoms with Gasteiger partial charge in [0, 0.05) is 30.0 Å². The summed E-state index contributed by atoms with van der Waals surface area (Å²) < 4.78 is 33.1. The molecule has 1 fully saturated rings. The summed E-state index contributed by atoms with van der Waals surface area (Å²) in [4.78, 5) is 12.5. The number of methoxy groups -OCH3 is 1. The van der Waals surface area contributed by atoms with E-state index in [9.17, 15) is 13.2 Å². The Labute approximate surface area is 193 Å². The van der Waals surface area contributed by atoms with Crippen molar-refractivity contribution in [2.75, 3.05) is 26.7 Å². The maximum Gasteiger partial charge on any atom is 0.223 e. The topological polar surface area (TPSA) is 75.7 Å². The Kier molecular flexibility index (Phi) is 8.51. The number of hydrogen-bond acceptors (Lipinski definition) is 4. The van der Waals surface area contributed by atoms with Crippen LogP contribution in [0.3, 0.4) is 0 Å². The number of nitrogens with one attached hydrogen (secondary N) is 1. The van der Waals surface area contributed by atoms with Crippen molar-refractivity contribution >= 4 is 31.9 Å². The minimum atomic E-state index is -3.39. The molecule has 6 nitrogen and oxygen atoms in total. The average molecular weight is 509 g/mol. The zero-order valence-corrected chi connectivity index (χ0v) is 20.1. The molecule has 0 aliphatic carbocycles. The molecule has 2 aromatic carbocycles. The lowest BCUT2D eigenvalue weighted by Gasteiger charge is -2.30. The van der Waals surface area contributed by atoms with Crippen molar-refractivity contribution in [2.24, 2.45) is 5.92 Å². The number of hydrogen-bond donors (Lipinski definition) is 1. The van der Waals surface area contributed by atoms with Gasteiger partial charge in [-0.2, -0.15) is 0 Å². The SMILES string of the molecule is COc1cccc(CCCNC(=O)C2CCN(S(=O)(=O)Cc3cccc(Br)c3)CC2)c1. The molecule has 1 saturated heterocycles. The van der Waals surface area contributed by atoms with Crippen LogP contribution in [0.25, 0.3) is 0 Å². The van der Waals surface area contributed by atoms with Gasteiger partial charge in [0.2, 0.25) is 15.9 Å². The smallest absolute Gasteiger partial charge is 0.223 e. The van der Waals surface area contributed by atoms with E-state index in [1.807, 2.05) is 42.5 Å². The fourth-order valence-electron chi connectivity index (χ4n) is 3.80. The molecule has 3 rings (SSSR count). The van der Waals surface area contributed by atoms with Gasteiger partial charge < -0.3 is 10.1 Å². The van der Waals surface area contributed by atoms with E-state index >= 15 is 0 Å². The highest BCUT2D eigenvalue weighted by Crippen LogP contribution is 2.23. The molecule has 0 bridgehead atoms. The van der Waals surface area contributed by atoms with Gasteiger partial charge in [-0.05, 0) is 61.1 Å². The zero-order valence-electron chi connectivity index (χ0n) is 17.7. The molecule has 1 N–H and O–H groups in total. The zero-order chi connectivity index (χ0) is 22.3. The lowest BCUT2D eigenvalue weighted by molar-refractivity contribution is -0.126. The summed E-state index contributed by atoms with van der Waals surface area (Å²) in [5, 5.41) is 3.01. The number of benzene rings is 2. The second kappa shape index (κ2) is 11.1. The first-order valence-electron chi connectivity index (χ1n) is 10.5. The molecule has 1 amide bonds. The van der Waals surface area contributed by atoms with Crippen molar-refractivity contribution in [2.45, 2.75) is 31.4 Å². The summed E-state index contributed by atoms with van der Waals surface area (Å²) >= 11 is 3.38. The molecule has 1 heterocycles. The van der Waals surface area contributed by atoms with Crippen molar-refractivity contribution in [3.63, 3.8) is 0 Å². The third-order valence-corrected chi connectivity index (χ3v) is 7.88. The van der Waals surface area contributed by atoms with E-state index in [-0.39, 0.29) is 17.6 Å². The first kappa shape index (κ1) is 23.8. The largest absolute Gasteiger partial charge is 0.497 e. The highest BCUT2D eigenvalue weighted by atomic mass is 79.9. The number of amides is 1. The summed E-state index contributed by atoms with van der Waals surface area (Å²) in [5.74, 6) is 0.708. The molecular formula is C23H29BrN2O4S. The number of nitrogens with zero attached hydrogens (tertiary/aromatic N) is 1. The Morgan fingerprint density at radius 1 is 1.13 bits per heavy atom. The number of rotatable bonds is 9. The lowest BCUT2D eigenvalue weighted by Crippen LogP contribution is -2.43. The first-order chi connectivity index (χ1) is 14.9. The number of carbonyl (C=O) groups is 1. The quantitative estimate of drug-likeness (QED) is 0.523. The second-order valence-electron chi connectivity index (χ2n) is 7.81. The van der Waals surface area contributed by atoms with Gasteiger partial charge in [-0.3, -0.25) is 4.79 Å². The Morgan fingerprint density at radius 2 is 1.84 bits per heavy atom. The molecule has 0 unspecified atom stereocenters. The van der Waals surface area contributed by atoms with E-state index in [0.717, 1.165) is 28.6 Å². The van der Waals surface area contributed by atoms with Crippen LogP contribution in [0.15, 0.2) is 53.0 Å². The van der Waals surface area contributed by atoms with Gasteiger partial charge in [-0.15, -0.1) is 0 Å². The molecule has 1 aliphatic heterocycles. The van der Waals surface area contributed by atoms with Crippen molar-refractivity contribution in [3.8, 4) is 5.75 Å². The molecule has 31 heavy (non-hydrogen) atoms.